The molecule has 1 aromatic heterocycles. The van der Waals surface area contributed by atoms with Crippen molar-refractivity contribution in [1.29, 1.82) is 0 Å². The number of thioether (sulfide) groups is 1. The molecule has 0 aliphatic carbocycles. The van der Waals surface area contributed by atoms with Crippen LogP contribution in [0.5, 0.6) is 0 Å². The molecule has 4 rings (SSSR count). The molecule has 1 fully saturated rings. The van der Waals surface area contributed by atoms with Gasteiger partial charge in [0.15, 0.2) is 18.1 Å². The Labute approximate surface area is 182 Å². The molecular weight excluding hydrogens is 456 g/mol. The van der Waals surface area contributed by atoms with Crippen molar-refractivity contribution in [3.63, 3.8) is 0 Å². The minimum absolute atomic E-state index is 0.104. The lowest BCUT2D eigenvalue weighted by Gasteiger charge is -2.49. The summed E-state index contributed by atoms with van der Waals surface area (Å²) in [7, 11) is 0. The molecule has 4 heterocycles. The van der Waals surface area contributed by atoms with E-state index in [1.54, 1.807) is 6.34 Å². The molecule has 30 heavy (non-hydrogen) atoms. The maximum Gasteiger partial charge on any atom is 0.519 e. The summed E-state index contributed by atoms with van der Waals surface area (Å²) in [6, 6.07) is -0.680. The van der Waals surface area contributed by atoms with Gasteiger partial charge in [-0.15, -0.1) is 11.8 Å². The van der Waals surface area contributed by atoms with Crippen molar-refractivity contribution >= 4 is 60.3 Å². The van der Waals surface area contributed by atoms with Crippen LogP contribution in [0.15, 0.2) is 29.3 Å². The van der Waals surface area contributed by atoms with Crippen molar-refractivity contribution in [3.05, 3.63) is 33.4 Å². The van der Waals surface area contributed by atoms with Gasteiger partial charge in [-0.05, 0) is 36.4 Å². The fraction of sp³-hybridized carbons (Fsp3) is 0.438. The quantitative estimate of drug-likeness (QED) is 0.245. The lowest BCUT2D eigenvalue weighted by Crippen LogP contribution is -2.69. The number of hydrogen-bond acceptors (Lipinski definition) is 12. The lowest BCUT2D eigenvalue weighted by molar-refractivity contribution is -0.153. The summed E-state index contributed by atoms with van der Waals surface area (Å²) in [5, 5.41) is 2.11. The number of ether oxygens (including phenoxy) is 1. The van der Waals surface area contributed by atoms with E-state index >= 15 is 0 Å². The highest BCUT2D eigenvalue weighted by atomic mass is 32.2. The molecular formula is C16H16N4O7S3. The van der Waals surface area contributed by atoms with Gasteiger partial charge in [0.1, 0.15) is 23.5 Å². The molecule has 160 valence electrons. The standard InChI is InChI=1S/C16H16N4O7S3/c1-8-10(27-16(24)26-8)2-25-15(23)12-9(4-30-19-5-18-29-7-19)3-28-14-11(17-6-21)13(22)20(12)14/h5-6,11,14H,2-4,7H2,1H3,(H,17,21)/t11?,14-/m1/s1. The summed E-state index contributed by atoms with van der Waals surface area (Å²) >= 11 is 4.35. The van der Waals surface area contributed by atoms with Gasteiger partial charge in [0.2, 0.25) is 6.41 Å². The van der Waals surface area contributed by atoms with Crippen LogP contribution in [0.1, 0.15) is 11.5 Å². The predicted octanol–water partition coefficient (Wildman–Crippen LogP) is 0.466. The first-order chi connectivity index (χ1) is 14.5. The SMILES string of the molecule is Cc1oc(=O)oc1COC(=O)C1=C(CSN2C=NSC2)CS[C@@H]2C(NC=O)C(=O)N12. The molecule has 1 saturated heterocycles. The Kier molecular flexibility index (Phi) is 6.15. The highest BCUT2D eigenvalue weighted by Crippen LogP contribution is 2.41. The highest BCUT2D eigenvalue weighted by molar-refractivity contribution is 8.02. The molecule has 2 atom stereocenters. The van der Waals surface area contributed by atoms with Crippen LogP contribution in [0.25, 0.3) is 0 Å². The molecule has 14 heteroatoms. The first kappa shape index (κ1) is 20.9. The van der Waals surface area contributed by atoms with Crippen molar-refractivity contribution < 1.29 is 28.0 Å². The van der Waals surface area contributed by atoms with Crippen LogP contribution >= 0.6 is 35.7 Å². The van der Waals surface area contributed by atoms with Gasteiger partial charge < -0.3 is 18.9 Å². The molecule has 0 bridgehead atoms. The zero-order valence-electron chi connectivity index (χ0n) is 15.6. The summed E-state index contributed by atoms with van der Waals surface area (Å²) in [4.78, 5) is 48.8. The van der Waals surface area contributed by atoms with Gasteiger partial charge in [-0.1, -0.05) is 0 Å². The van der Waals surface area contributed by atoms with Gasteiger partial charge >= 0.3 is 11.8 Å². The van der Waals surface area contributed by atoms with Gasteiger partial charge in [0.25, 0.3) is 5.91 Å². The van der Waals surface area contributed by atoms with E-state index < -0.39 is 17.8 Å². The van der Waals surface area contributed by atoms with Gasteiger partial charge in [0, 0.05) is 11.5 Å². The average molecular weight is 473 g/mol. The van der Waals surface area contributed by atoms with Crippen LogP contribution in [-0.4, -0.2) is 62.6 Å². The van der Waals surface area contributed by atoms with E-state index in [-0.39, 0.29) is 35.1 Å². The molecule has 11 nitrogen and oxygen atoms in total. The van der Waals surface area contributed by atoms with E-state index in [9.17, 15) is 19.2 Å². The van der Waals surface area contributed by atoms with E-state index in [0.717, 1.165) is 5.57 Å². The number of hydrogen-bond donors (Lipinski definition) is 1. The van der Waals surface area contributed by atoms with E-state index in [1.807, 2.05) is 4.31 Å². The van der Waals surface area contributed by atoms with Gasteiger partial charge in [-0.2, -0.15) is 0 Å². The van der Waals surface area contributed by atoms with Crippen molar-refractivity contribution in [1.82, 2.24) is 14.5 Å². The highest BCUT2D eigenvalue weighted by Gasteiger charge is 2.53. The van der Waals surface area contributed by atoms with Gasteiger partial charge in [-0.25, -0.2) is 14.0 Å². The molecule has 2 amide bonds. The molecule has 1 aromatic rings. The third kappa shape index (κ3) is 3.98. The third-order valence-corrected chi connectivity index (χ3v) is 7.67. The second kappa shape index (κ2) is 8.81. The van der Waals surface area contributed by atoms with Crippen LogP contribution in [0.2, 0.25) is 0 Å². The summed E-state index contributed by atoms with van der Waals surface area (Å²) in [5.41, 5.74) is 0.896. The number of aryl methyl sites for hydroxylation is 1. The molecule has 0 radical (unpaired) electrons. The number of β-lactam (4-membered cyclic amide) rings is 1. The number of amides is 2. The Morgan fingerprint density at radius 1 is 1.47 bits per heavy atom. The summed E-state index contributed by atoms with van der Waals surface area (Å²) in [6.07, 6.45) is 2.18. The Bertz CT molecular complexity index is 988. The van der Waals surface area contributed by atoms with Gasteiger partial charge in [-0.3, -0.25) is 18.8 Å². The number of carbonyl (C=O) groups excluding carboxylic acids is 3. The Morgan fingerprint density at radius 2 is 2.30 bits per heavy atom. The van der Waals surface area contributed by atoms with Gasteiger partial charge in [0.05, 0.1) is 5.88 Å². The fourth-order valence-electron chi connectivity index (χ4n) is 3.02. The minimum Gasteiger partial charge on any atom is -0.453 e. The van der Waals surface area contributed by atoms with Crippen LogP contribution in [-0.2, 0) is 25.7 Å². The van der Waals surface area contributed by atoms with E-state index in [4.69, 9.17) is 13.6 Å². The second-order valence-electron chi connectivity index (χ2n) is 6.30. The number of nitrogens with one attached hydrogen (secondary N) is 1. The predicted molar refractivity (Wildman–Crippen MR) is 110 cm³/mol. The summed E-state index contributed by atoms with van der Waals surface area (Å²) in [6.45, 7) is 1.22. The molecule has 0 spiro atoms. The monoisotopic (exact) mass is 472 g/mol. The van der Waals surface area contributed by atoms with E-state index in [1.165, 1.54) is 47.5 Å². The molecule has 1 unspecified atom stereocenters. The second-order valence-corrected chi connectivity index (χ2v) is 9.15. The molecule has 3 aliphatic rings. The topological polar surface area (TPSA) is 135 Å². The van der Waals surface area contributed by atoms with Crippen molar-refractivity contribution in [2.75, 3.05) is 17.4 Å². The zero-order valence-corrected chi connectivity index (χ0v) is 18.0. The average Bonchev–Trinajstić information content (AvgIpc) is 3.36. The number of rotatable bonds is 8. The zero-order chi connectivity index (χ0) is 21.3. The number of carbonyl (C=O) groups is 3. The Balaban J connectivity index is 1.53. The first-order valence-electron chi connectivity index (χ1n) is 8.67. The Morgan fingerprint density at radius 3 is 2.97 bits per heavy atom. The number of fused-ring (bicyclic) bond motifs is 1. The summed E-state index contributed by atoms with van der Waals surface area (Å²) < 4.78 is 20.9. The largest absolute Gasteiger partial charge is 0.519 e. The third-order valence-electron chi connectivity index (χ3n) is 4.50. The molecule has 0 saturated carbocycles. The van der Waals surface area contributed by atoms with Crippen LogP contribution in [0.3, 0.4) is 0 Å². The van der Waals surface area contributed by atoms with Crippen LogP contribution in [0.4, 0.5) is 0 Å². The minimum atomic E-state index is -0.880. The smallest absolute Gasteiger partial charge is 0.453 e. The van der Waals surface area contributed by atoms with Crippen LogP contribution < -0.4 is 11.1 Å². The van der Waals surface area contributed by atoms with E-state index in [0.29, 0.717) is 23.8 Å². The number of nitrogens with zero attached hydrogens (tertiary/aromatic N) is 3. The normalized spacial score (nSPS) is 22.8. The van der Waals surface area contributed by atoms with Crippen molar-refractivity contribution in [2.45, 2.75) is 24.9 Å². The Hall–Kier alpha value is -2.32. The summed E-state index contributed by atoms with van der Waals surface area (Å²) in [5.74, 6) is 0.0187. The fourth-order valence-corrected chi connectivity index (χ4v) is 6.11. The number of esters is 1. The van der Waals surface area contributed by atoms with E-state index in [2.05, 4.69) is 9.71 Å². The van der Waals surface area contributed by atoms with Crippen LogP contribution in [0, 0.1) is 6.92 Å². The van der Waals surface area contributed by atoms with Crippen molar-refractivity contribution in [2.24, 2.45) is 4.40 Å². The van der Waals surface area contributed by atoms with Crippen molar-refractivity contribution in [3.8, 4) is 0 Å². The maximum atomic E-state index is 12.9. The molecule has 0 aromatic carbocycles. The maximum absolute atomic E-state index is 12.9. The lowest BCUT2D eigenvalue weighted by atomic mass is 10.0. The first-order valence-corrected chi connectivity index (χ1v) is 11.6. The molecule has 1 N–H and O–H groups in total. The molecule has 3 aliphatic heterocycles.